The number of hydrogen-bond donors (Lipinski definition) is 2. The minimum Gasteiger partial charge on any atom is -0.333 e. The highest BCUT2D eigenvalue weighted by atomic mass is 16.5. The molecule has 1 aliphatic heterocycles. The van der Waals surface area contributed by atoms with E-state index in [2.05, 4.69) is 25.7 Å². The molecule has 3 aromatic heterocycles. The van der Waals surface area contributed by atoms with E-state index in [9.17, 15) is 0 Å². The first-order valence-electron chi connectivity index (χ1n) is 9.87. The summed E-state index contributed by atoms with van der Waals surface area (Å²) >= 11 is 0. The van der Waals surface area contributed by atoms with Crippen molar-refractivity contribution in [3.63, 3.8) is 0 Å². The normalized spacial score (nSPS) is 17.8. The van der Waals surface area contributed by atoms with Gasteiger partial charge >= 0.3 is 0 Å². The maximum Gasteiger partial charge on any atom is 0.261 e. The Morgan fingerprint density at radius 3 is 2.93 bits per heavy atom. The number of aryl methyl sites for hydroxylation is 1. The molecular weight excluding hydrogens is 340 g/mol. The topological polar surface area (TPSA) is 92.5 Å². The molecule has 1 saturated carbocycles. The Bertz CT molecular complexity index is 953. The van der Waals surface area contributed by atoms with Crippen LogP contribution in [0, 0.1) is 6.92 Å². The molecule has 2 N–H and O–H groups in total. The molecule has 0 aromatic carbocycles. The van der Waals surface area contributed by atoms with E-state index in [-0.39, 0.29) is 0 Å². The summed E-state index contributed by atoms with van der Waals surface area (Å²) < 4.78 is 5.68. The molecule has 2 aliphatic rings. The van der Waals surface area contributed by atoms with Gasteiger partial charge in [0.25, 0.3) is 5.89 Å². The summed E-state index contributed by atoms with van der Waals surface area (Å²) in [5.41, 5.74) is 6.55. The van der Waals surface area contributed by atoms with Crippen LogP contribution in [-0.4, -0.2) is 31.9 Å². The van der Waals surface area contributed by atoms with E-state index in [1.54, 1.807) is 0 Å². The Morgan fingerprint density at radius 1 is 1.15 bits per heavy atom. The van der Waals surface area contributed by atoms with Crippen molar-refractivity contribution in [2.45, 2.75) is 57.9 Å². The van der Waals surface area contributed by atoms with Gasteiger partial charge in [-0.2, -0.15) is 10.1 Å². The molecule has 27 heavy (non-hydrogen) atoms. The van der Waals surface area contributed by atoms with Crippen molar-refractivity contribution in [2.24, 2.45) is 0 Å². The van der Waals surface area contributed by atoms with Crippen molar-refractivity contribution in [3.05, 3.63) is 34.9 Å². The Balaban J connectivity index is 1.53. The zero-order valence-corrected chi connectivity index (χ0v) is 15.6. The first kappa shape index (κ1) is 16.6. The van der Waals surface area contributed by atoms with Crippen LogP contribution < -0.4 is 5.32 Å². The number of H-pyrrole nitrogens is 1. The van der Waals surface area contributed by atoms with E-state index in [0.29, 0.717) is 17.6 Å². The van der Waals surface area contributed by atoms with Gasteiger partial charge in [0, 0.05) is 29.9 Å². The predicted molar refractivity (Wildman–Crippen MR) is 101 cm³/mol. The number of aromatic amines is 1. The summed E-state index contributed by atoms with van der Waals surface area (Å²) in [7, 11) is 0. The Labute approximate surface area is 158 Å². The van der Waals surface area contributed by atoms with Crippen molar-refractivity contribution in [3.8, 4) is 22.8 Å². The van der Waals surface area contributed by atoms with Crippen molar-refractivity contribution < 1.29 is 4.52 Å². The maximum absolute atomic E-state index is 5.68. The molecule has 4 heterocycles. The van der Waals surface area contributed by atoms with E-state index >= 15 is 0 Å². The fourth-order valence-corrected chi connectivity index (χ4v) is 4.47. The molecule has 0 bridgehead atoms. The molecule has 3 aromatic rings. The monoisotopic (exact) mass is 364 g/mol. The minimum absolute atomic E-state index is 0.505. The van der Waals surface area contributed by atoms with Crippen LogP contribution in [-0.2, 0) is 13.0 Å². The second-order valence-electron chi connectivity index (χ2n) is 7.60. The quantitative estimate of drug-likeness (QED) is 0.739. The molecule has 5 rings (SSSR count). The molecule has 7 heteroatoms. The molecular formula is C20H24N6O. The molecule has 7 nitrogen and oxygen atoms in total. The third kappa shape index (κ3) is 2.96. The number of nitrogens with zero attached hydrogens (tertiary/aromatic N) is 4. The van der Waals surface area contributed by atoms with Gasteiger partial charge < -0.3 is 9.84 Å². The zero-order chi connectivity index (χ0) is 18.2. The highest BCUT2D eigenvalue weighted by Crippen LogP contribution is 2.37. The van der Waals surface area contributed by atoms with Gasteiger partial charge in [0.1, 0.15) is 0 Å². The van der Waals surface area contributed by atoms with Crippen LogP contribution in [0.2, 0.25) is 0 Å². The van der Waals surface area contributed by atoms with Crippen LogP contribution in [0.1, 0.15) is 60.5 Å². The van der Waals surface area contributed by atoms with E-state index in [0.717, 1.165) is 42.0 Å². The lowest BCUT2D eigenvalue weighted by atomic mass is 9.85. The predicted octanol–water partition coefficient (Wildman–Crippen LogP) is 3.52. The fraction of sp³-hybridized carbons (Fsp3) is 0.500. The Kier molecular flexibility index (Phi) is 4.24. The molecule has 1 aliphatic carbocycles. The first-order valence-corrected chi connectivity index (χ1v) is 9.87. The standard InChI is InChI=1S/C20H24N6O/c1-12-17(15-7-8-21-9-14(15)10-22-12)19-24-20(27-26-19)16-11-23-25-18(16)13-5-3-2-4-6-13/h10-11,13,21H,2-9H2,1H3,(H,23,25). The van der Waals surface area contributed by atoms with Gasteiger partial charge in [0.15, 0.2) is 0 Å². The molecule has 0 spiro atoms. The van der Waals surface area contributed by atoms with Gasteiger partial charge in [0.2, 0.25) is 5.82 Å². The second kappa shape index (κ2) is 6.88. The molecule has 0 atom stereocenters. The summed E-state index contributed by atoms with van der Waals surface area (Å²) in [6.45, 7) is 3.81. The smallest absolute Gasteiger partial charge is 0.261 e. The Hall–Kier alpha value is -2.54. The van der Waals surface area contributed by atoms with Crippen LogP contribution in [0.15, 0.2) is 16.9 Å². The average molecular weight is 364 g/mol. The SMILES string of the molecule is Cc1ncc2c(c1-c1noc(-c3cn[nH]c3C3CCCCC3)n1)CCNC2. The lowest BCUT2D eigenvalue weighted by Gasteiger charge is -2.20. The van der Waals surface area contributed by atoms with E-state index in [1.165, 1.54) is 43.2 Å². The summed E-state index contributed by atoms with van der Waals surface area (Å²) in [6, 6.07) is 0. The van der Waals surface area contributed by atoms with Gasteiger partial charge in [0.05, 0.1) is 17.5 Å². The average Bonchev–Trinajstić information content (AvgIpc) is 3.38. The van der Waals surface area contributed by atoms with Gasteiger partial charge in [-0.25, -0.2) is 0 Å². The summed E-state index contributed by atoms with van der Waals surface area (Å²) in [6.07, 6.45) is 11.0. The van der Waals surface area contributed by atoms with Gasteiger partial charge in [-0.05, 0) is 43.9 Å². The van der Waals surface area contributed by atoms with Crippen molar-refractivity contribution in [1.29, 1.82) is 0 Å². The van der Waals surface area contributed by atoms with E-state index in [4.69, 9.17) is 9.51 Å². The second-order valence-corrected chi connectivity index (χ2v) is 7.60. The third-order valence-electron chi connectivity index (χ3n) is 5.89. The molecule has 1 fully saturated rings. The number of nitrogens with one attached hydrogen (secondary N) is 2. The fourth-order valence-electron chi connectivity index (χ4n) is 4.47. The number of fused-ring (bicyclic) bond motifs is 1. The van der Waals surface area contributed by atoms with Crippen molar-refractivity contribution >= 4 is 0 Å². The number of aromatic nitrogens is 5. The van der Waals surface area contributed by atoms with E-state index in [1.807, 2.05) is 19.3 Å². The summed E-state index contributed by atoms with van der Waals surface area (Å²) in [4.78, 5) is 9.30. The molecule has 0 amide bonds. The minimum atomic E-state index is 0.505. The number of rotatable bonds is 3. The van der Waals surface area contributed by atoms with Crippen LogP contribution >= 0.6 is 0 Å². The van der Waals surface area contributed by atoms with Gasteiger partial charge in [-0.1, -0.05) is 24.4 Å². The summed E-state index contributed by atoms with van der Waals surface area (Å²) in [5.74, 6) is 1.68. The van der Waals surface area contributed by atoms with Crippen molar-refractivity contribution in [1.82, 2.24) is 30.6 Å². The number of pyridine rings is 1. The van der Waals surface area contributed by atoms with E-state index < -0.39 is 0 Å². The van der Waals surface area contributed by atoms with Crippen molar-refractivity contribution in [2.75, 3.05) is 6.54 Å². The highest BCUT2D eigenvalue weighted by Gasteiger charge is 2.25. The van der Waals surface area contributed by atoms with Crippen LogP contribution in [0.4, 0.5) is 0 Å². The zero-order valence-electron chi connectivity index (χ0n) is 15.6. The van der Waals surface area contributed by atoms with Gasteiger partial charge in [-0.15, -0.1) is 0 Å². The highest BCUT2D eigenvalue weighted by molar-refractivity contribution is 5.67. The first-order chi connectivity index (χ1) is 13.3. The van der Waals surface area contributed by atoms with Crippen LogP contribution in [0.25, 0.3) is 22.8 Å². The number of hydrogen-bond acceptors (Lipinski definition) is 6. The lowest BCUT2D eigenvalue weighted by Crippen LogP contribution is -2.24. The lowest BCUT2D eigenvalue weighted by molar-refractivity contribution is 0.423. The van der Waals surface area contributed by atoms with Crippen LogP contribution in [0.3, 0.4) is 0 Å². The van der Waals surface area contributed by atoms with Gasteiger partial charge in [-0.3, -0.25) is 10.1 Å². The Morgan fingerprint density at radius 2 is 2.04 bits per heavy atom. The largest absolute Gasteiger partial charge is 0.333 e. The third-order valence-corrected chi connectivity index (χ3v) is 5.89. The molecule has 0 saturated heterocycles. The summed E-state index contributed by atoms with van der Waals surface area (Å²) in [5, 5.41) is 15.2. The molecule has 0 radical (unpaired) electrons. The molecule has 0 unspecified atom stereocenters. The van der Waals surface area contributed by atoms with Crippen LogP contribution in [0.5, 0.6) is 0 Å². The maximum atomic E-state index is 5.68. The molecule has 140 valence electrons.